The number of methoxy groups -OCH3 is 2. The maximum absolute atomic E-state index is 11.7. The van der Waals surface area contributed by atoms with Gasteiger partial charge in [-0.15, -0.1) is 0 Å². The lowest BCUT2D eigenvalue weighted by molar-refractivity contribution is -0.0592. The van der Waals surface area contributed by atoms with Gasteiger partial charge < -0.3 is 28.6 Å². The summed E-state index contributed by atoms with van der Waals surface area (Å²) in [6.45, 7) is 5.01. The number of carboxylic acid groups (broad SMARTS) is 1. The van der Waals surface area contributed by atoms with E-state index in [1.54, 1.807) is 26.4 Å². The molecule has 3 unspecified atom stereocenters. The second-order valence-corrected chi connectivity index (χ2v) is 12.2. The highest BCUT2D eigenvalue weighted by molar-refractivity contribution is 5.92. The van der Waals surface area contributed by atoms with Gasteiger partial charge in [-0.2, -0.15) is 0 Å². The Hall–Kier alpha value is -3.99. The predicted octanol–water partition coefficient (Wildman–Crippen LogP) is 4.82. The minimum absolute atomic E-state index is 0.0889. The van der Waals surface area contributed by atoms with E-state index >= 15 is 0 Å². The lowest BCUT2D eigenvalue weighted by Crippen LogP contribution is -2.37. The van der Waals surface area contributed by atoms with E-state index in [1.165, 1.54) is 0 Å². The summed E-state index contributed by atoms with van der Waals surface area (Å²) in [6.07, 6.45) is 3.30. The fraction of sp³-hybridized carbons (Fsp3) is 0.441. The van der Waals surface area contributed by atoms with Gasteiger partial charge in [-0.1, -0.05) is 18.2 Å². The quantitative estimate of drug-likeness (QED) is 0.246. The van der Waals surface area contributed by atoms with Crippen molar-refractivity contribution in [1.29, 1.82) is 0 Å². The molecule has 3 atom stereocenters. The number of ether oxygens (including phenoxy) is 4. The van der Waals surface area contributed by atoms with E-state index in [2.05, 4.69) is 15.5 Å². The number of benzene rings is 2. The fourth-order valence-electron chi connectivity index (χ4n) is 6.82. The first-order valence-electron chi connectivity index (χ1n) is 15.3. The molecule has 4 heterocycles. The number of rotatable bonds is 12. The van der Waals surface area contributed by atoms with E-state index in [4.69, 9.17) is 28.9 Å². The van der Waals surface area contributed by atoms with Crippen LogP contribution in [0.25, 0.3) is 11.0 Å². The molecule has 230 valence electrons. The molecule has 1 saturated carbocycles. The molecule has 7 rings (SSSR count). The molecule has 3 aliphatic rings. The van der Waals surface area contributed by atoms with Crippen LogP contribution in [0.1, 0.15) is 52.3 Å². The number of aromatic carboxylic acids is 1. The molecule has 10 nitrogen and oxygen atoms in total. The van der Waals surface area contributed by atoms with Gasteiger partial charge in [0.2, 0.25) is 5.88 Å². The van der Waals surface area contributed by atoms with E-state index in [1.807, 2.05) is 36.4 Å². The Bertz CT molecular complexity index is 1680. The first-order chi connectivity index (χ1) is 21.5. The predicted molar refractivity (Wildman–Crippen MR) is 163 cm³/mol. The summed E-state index contributed by atoms with van der Waals surface area (Å²) in [6, 6.07) is 17.3. The molecule has 0 spiro atoms. The van der Waals surface area contributed by atoms with Crippen LogP contribution in [0.5, 0.6) is 11.6 Å². The van der Waals surface area contributed by atoms with Crippen LogP contribution in [-0.4, -0.2) is 70.5 Å². The van der Waals surface area contributed by atoms with E-state index < -0.39 is 5.97 Å². The summed E-state index contributed by atoms with van der Waals surface area (Å²) in [5.41, 5.74) is 5.17. The van der Waals surface area contributed by atoms with Crippen molar-refractivity contribution in [2.24, 2.45) is 5.92 Å². The number of nitrogens with zero attached hydrogens (tertiary/aromatic N) is 4. The number of likely N-dealkylation sites (tertiary alicyclic amines) is 1. The summed E-state index contributed by atoms with van der Waals surface area (Å²) < 4.78 is 24.9. The summed E-state index contributed by atoms with van der Waals surface area (Å²) in [5, 5.41) is 9.56. The van der Waals surface area contributed by atoms with Crippen LogP contribution in [0.15, 0.2) is 54.6 Å². The van der Waals surface area contributed by atoms with Gasteiger partial charge >= 0.3 is 5.97 Å². The Kier molecular flexibility index (Phi) is 7.74. The first-order valence-corrected chi connectivity index (χ1v) is 15.3. The maximum Gasteiger partial charge on any atom is 0.335 e. The highest BCUT2D eigenvalue weighted by atomic mass is 16.5. The second kappa shape index (κ2) is 11.8. The standard InChI is InChI=1S/C34H38N4O6/c1-41-20-22-6-7-24(29(14-22)42-2)21-44-32-5-3-4-30(36-32)34-11-12-37(17-25(34)16-34)19-31-35-27-9-8-23(33(39)40)15-28(27)38(31)18-26-10-13-43-26/h3-9,14-15,25-26H,10-13,16-21H2,1-2H3,(H,39,40). The Balaban J connectivity index is 1.03. The fourth-order valence-corrected chi connectivity index (χ4v) is 6.82. The number of carboxylic acids is 1. The zero-order valence-electron chi connectivity index (χ0n) is 25.2. The summed E-state index contributed by atoms with van der Waals surface area (Å²) in [4.78, 5) is 24.0. The van der Waals surface area contributed by atoms with Crippen molar-refractivity contribution in [3.63, 3.8) is 0 Å². The third-order valence-corrected chi connectivity index (χ3v) is 9.48. The molecule has 4 aromatic rings. The number of pyridine rings is 1. The SMILES string of the molecule is COCc1ccc(COc2cccc(C34CCN(Cc5nc6ccc(C(=O)O)cc6n5CC5CCO5)CC3C4)n2)c(OC)c1. The highest BCUT2D eigenvalue weighted by Gasteiger charge is 2.58. The van der Waals surface area contributed by atoms with Gasteiger partial charge in [0, 0.05) is 37.3 Å². The minimum Gasteiger partial charge on any atom is -0.496 e. The molecular weight excluding hydrogens is 560 g/mol. The molecule has 2 aromatic carbocycles. The Morgan fingerprint density at radius 2 is 2.00 bits per heavy atom. The van der Waals surface area contributed by atoms with Crippen LogP contribution in [0.3, 0.4) is 0 Å². The minimum atomic E-state index is -0.929. The third-order valence-electron chi connectivity index (χ3n) is 9.48. The van der Waals surface area contributed by atoms with Gasteiger partial charge in [0.25, 0.3) is 0 Å². The molecule has 1 N–H and O–H groups in total. The van der Waals surface area contributed by atoms with Crippen LogP contribution in [0, 0.1) is 5.92 Å². The number of aromatic nitrogens is 3. The van der Waals surface area contributed by atoms with Crippen LogP contribution in [0.2, 0.25) is 0 Å². The average molecular weight is 599 g/mol. The molecule has 0 bridgehead atoms. The summed E-state index contributed by atoms with van der Waals surface area (Å²) in [7, 11) is 3.35. The Morgan fingerprint density at radius 3 is 2.75 bits per heavy atom. The molecule has 0 radical (unpaired) electrons. The van der Waals surface area contributed by atoms with Crippen molar-refractivity contribution in [3.8, 4) is 11.6 Å². The summed E-state index contributed by atoms with van der Waals surface area (Å²) >= 11 is 0. The topological polar surface area (TPSA) is 108 Å². The molecule has 2 saturated heterocycles. The maximum atomic E-state index is 11.7. The van der Waals surface area contributed by atoms with Crippen molar-refractivity contribution in [1.82, 2.24) is 19.4 Å². The number of piperidine rings is 1. The van der Waals surface area contributed by atoms with E-state index in [-0.39, 0.29) is 17.1 Å². The van der Waals surface area contributed by atoms with Crippen LogP contribution < -0.4 is 9.47 Å². The molecule has 0 amide bonds. The van der Waals surface area contributed by atoms with E-state index in [0.29, 0.717) is 31.6 Å². The molecule has 44 heavy (non-hydrogen) atoms. The Labute approximate surface area is 256 Å². The van der Waals surface area contributed by atoms with Crippen molar-refractivity contribution in [3.05, 3.63) is 82.8 Å². The van der Waals surface area contributed by atoms with Crippen molar-refractivity contribution < 1.29 is 28.8 Å². The van der Waals surface area contributed by atoms with Crippen molar-refractivity contribution in [2.45, 2.75) is 57.1 Å². The van der Waals surface area contributed by atoms with Gasteiger partial charge in [-0.05, 0) is 67.6 Å². The number of fused-ring (bicyclic) bond motifs is 2. The van der Waals surface area contributed by atoms with Crippen LogP contribution in [-0.2, 0) is 41.2 Å². The average Bonchev–Trinajstić information content (AvgIpc) is 3.66. The third kappa shape index (κ3) is 5.53. The molecule has 10 heteroatoms. The van der Waals surface area contributed by atoms with Crippen LogP contribution >= 0.6 is 0 Å². The lowest BCUT2D eigenvalue weighted by atomic mass is 9.91. The van der Waals surface area contributed by atoms with Gasteiger partial charge in [-0.25, -0.2) is 14.8 Å². The molecule has 3 fully saturated rings. The number of hydrogen-bond donors (Lipinski definition) is 1. The lowest BCUT2D eigenvalue weighted by Gasteiger charge is -2.32. The van der Waals surface area contributed by atoms with E-state index in [9.17, 15) is 9.90 Å². The van der Waals surface area contributed by atoms with Crippen LogP contribution in [0.4, 0.5) is 0 Å². The van der Waals surface area contributed by atoms with Gasteiger partial charge in [-0.3, -0.25) is 4.90 Å². The second-order valence-electron chi connectivity index (χ2n) is 12.2. The molecular formula is C34H38N4O6. The number of imidazole rings is 1. The zero-order valence-corrected chi connectivity index (χ0v) is 25.2. The van der Waals surface area contributed by atoms with Gasteiger partial charge in [0.05, 0.1) is 55.2 Å². The molecule has 2 aliphatic heterocycles. The van der Waals surface area contributed by atoms with Gasteiger partial charge in [0.15, 0.2) is 0 Å². The monoisotopic (exact) mass is 598 g/mol. The number of carbonyl (C=O) groups is 1. The van der Waals surface area contributed by atoms with Crippen molar-refractivity contribution in [2.75, 3.05) is 33.9 Å². The zero-order chi connectivity index (χ0) is 30.3. The Morgan fingerprint density at radius 1 is 1.11 bits per heavy atom. The first kappa shape index (κ1) is 28.8. The number of hydrogen-bond acceptors (Lipinski definition) is 8. The van der Waals surface area contributed by atoms with E-state index in [0.717, 1.165) is 84.9 Å². The van der Waals surface area contributed by atoms with Gasteiger partial charge in [0.1, 0.15) is 18.2 Å². The van der Waals surface area contributed by atoms with Crippen molar-refractivity contribution >= 4 is 17.0 Å². The highest BCUT2D eigenvalue weighted by Crippen LogP contribution is 2.59. The molecule has 2 aromatic heterocycles. The smallest absolute Gasteiger partial charge is 0.335 e. The summed E-state index contributed by atoms with van der Waals surface area (Å²) in [5.74, 6) is 1.96. The normalized spacial score (nSPS) is 22.8. The largest absolute Gasteiger partial charge is 0.496 e. The molecule has 1 aliphatic carbocycles.